The zero-order valence-electron chi connectivity index (χ0n) is 16.5. The molecule has 0 amide bonds. The van der Waals surface area contributed by atoms with Crippen LogP contribution >= 0.6 is 27.5 Å². The molecule has 3 aromatic rings. The summed E-state index contributed by atoms with van der Waals surface area (Å²) in [4.78, 5) is 4.99. The summed E-state index contributed by atoms with van der Waals surface area (Å²) >= 11 is 9.71. The van der Waals surface area contributed by atoms with Crippen LogP contribution in [0.3, 0.4) is 0 Å². The lowest BCUT2D eigenvalue weighted by molar-refractivity contribution is 0.340. The molecule has 0 unspecified atom stereocenters. The summed E-state index contributed by atoms with van der Waals surface area (Å²) in [7, 11) is 0. The molecule has 0 aromatic heterocycles. The molecule has 3 aromatic carbocycles. The molecule has 0 fully saturated rings. The summed E-state index contributed by atoms with van der Waals surface area (Å²) in [6.07, 6.45) is 0.395. The van der Waals surface area contributed by atoms with E-state index in [-0.39, 0.29) is 18.0 Å². The SMILES string of the molecule is CCOc1ccc(C2=N[C@@H](c3ccc(Br)cc3)N[C@H](c3cc(Cl)ccc3O)C2)cc1. The second kappa shape index (κ2) is 9.21. The molecule has 2 N–H and O–H groups in total. The third-order valence-electron chi connectivity index (χ3n) is 5.09. The minimum absolute atomic E-state index is 0.128. The number of nitrogens with one attached hydrogen (secondary N) is 1. The maximum absolute atomic E-state index is 10.5. The fourth-order valence-corrected chi connectivity index (χ4v) is 4.06. The zero-order chi connectivity index (χ0) is 21.1. The molecule has 30 heavy (non-hydrogen) atoms. The first-order chi connectivity index (χ1) is 14.5. The van der Waals surface area contributed by atoms with Gasteiger partial charge in [-0.15, -0.1) is 0 Å². The number of ether oxygens (including phenoxy) is 1. The van der Waals surface area contributed by atoms with Crippen LogP contribution in [-0.2, 0) is 0 Å². The molecule has 154 valence electrons. The van der Waals surface area contributed by atoms with Gasteiger partial charge >= 0.3 is 0 Å². The number of nitrogens with zero attached hydrogens (tertiary/aromatic N) is 1. The molecule has 0 radical (unpaired) electrons. The zero-order valence-corrected chi connectivity index (χ0v) is 18.8. The molecule has 2 atom stereocenters. The van der Waals surface area contributed by atoms with E-state index in [4.69, 9.17) is 21.3 Å². The molecule has 0 saturated carbocycles. The van der Waals surface area contributed by atoms with Crippen LogP contribution in [0.1, 0.15) is 42.2 Å². The van der Waals surface area contributed by atoms with Gasteiger partial charge in [0, 0.05) is 33.2 Å². The molecule has 0 bridgehead atoms. The second-order valence-electron chi connectivity index (χ2n) is 7.11. The van der Waals surface area contributed by atoms with Gasteiger partial charge in [-0.2, -0.15) is 0 Å². The number of phenolic OH excluding ortho intramolecular Hbond substituents is 1. The molecule has 0 aliphatic carbocycles. The van der Waals surface area contributed by atoms with E-state index in [1.54, 1.807) is 12.1 Å². The molecule has 4 rings (SSSR count). The van der Waals surface area contributed by atoms with Crippen LogP contribution in [-0.4, -0.2) is 17.4 Å². The Morgan fingerprint density at radius 3 is 2.53 bits per heavy atom. The van der Waals surface area contributed by atoms with Crippen molar-refractivity contribution in [2.75, 3.05) is 6.61 Å². The number of phenols is 1. The molecule has 1 heterocycles. The maximum atomic E-state index is 10.5. The normalized spacial score (nSPS) is 18.7. The van der Waals surface area contributed by atoms with E-state index in [2.05, 4.69) is 21.2 Å². The summed E-state index contributed by atoms with van der Waals surface area (Å²) in [5.41, 5.74) is 3.82. The van der Waals surface area contributed by atoms with E-state index in [0.717, 1.165) is 32.6 Å². The van der Waals surface area contributed by atoms with Crippen molar-refractivity contribution >= 4 is 33.2 Å². The third-order valence-corrected chi connectivity index (χ3v) is 5.85. The van der Waals surface area contributed by atoms with E-state index in [1.807, 2.05) is 61.5 Å². The molecular weight excluding hydrogens is 464 g/mol. The van der Waals surface area contributed by atoms with Crippen molar-refractivity contribution in [1.29, 1.82) is 0 Å². The molecule has 6 heteroatoms. The van der Waals surface area contributed by atoms with Crippen LogP contribution in [0.4, 0.5) is 0 Å². The van der Waals surface area contributed by atoms with Crippen molar-refractivity contribution < 1.29 is 9.84 Å². The standard InChI is InChI=1S/C24H22BrClN2O2/c1-2-30-19-10-5-15(6-11-19)21-14-22(20-13-18(26)9-12-23(20)29)28-24(27-21)16-3-7-17(25)8-4-16/h3-13,22,24,28-29H,2,14H2,1H3/t22-,24+/m0/s1. The number of halogens is 2. The lowest BCUT2D eigenvalue weighted by Gasteiger charge is -2.31. The van der Waals surface area contributed by atoms with Gasteiger partial charge in [0.25, 0.3) is 0 Å². The molecular formula is C24H22BrClN2O2. The van der Waals surface area contributed by atoms with E-state index in [9.17, 15) is 5.11 Å². The van der Waals surface area contributed by atoms with Crippen molar-refractivity contribution in [1.82, 2.24) is 5.32 Å². The van der Waals surface area contributed by atoms with Gasteiger partial charge in [0.2, 0.25) is 0 Å². The molecule has 1 aliphatic heterocycles. The number of aliphatic imine (C=N–C) groups is 1. The van der Waals surface area contributed by atoms with Crippen molar-refractivity contribution in [2.24, 2.45) is 4.99 Å². The Morgan fingerprint density at radius 2 is 1.83 bits per heavy atom. The number of aromatic hydroxyl groups is 1. The van der Waals surface area contributed by atoms with Crippen molar-refractivity contribution in [2.45, 2.75) is 25.6 Å². The van der Waals surface area contributed by atoms with Gasteiger partial charge in [0.15, 0.2) is 0 Å². The van der Waals surface area contributed by atoms with Gasteiger partial charge < -0.3 is 9.84 Å². The average molecular weight is 486 g/mol. The first-order valence-electron chi connectivity index (χ1n) is 9.83. The maximum Gasteiger partial charge on any atom is 0.126 e. The van der Waals surface area contributed by atoms with Gasteiger partial charge in [-0.25, -0.2) is 0 Å². The van der Waals surface area contributed by atoms with E-state index in [1.165, 1.54) is 0 Å². The topological polar surface area (TPSA) is 53.8 Å². The predicted molar refractivity (Wildman–Crippen MR) is 125 cm³/mol. The first kappa shape index (κ1) is 20.9. The van der Waals surface area contributed by atoms with E-state index < -0.39 is 0 Å². The summed E-state index contributed by atoms with van der Waals surface area (Å²) in [5, 5.41) is 14.6. The Balaban J connectivity index is 1.72. The van der Waals surface area contributed by atoms with Gasteiger partial charge in [-0.1, -0.05) is 39.7 Å². The average Bonchev–Trinajstić information content (AvgIpc) is 2.76. The van der Waals surface area contributed by atoms with Gasteiger partial charge in [0.1, 0.15) is 17.7 Å². The molecule has 0 saturated heterocycles. The van der Waals surface area contributed by atoms with Gasteiger partial charge in [-0.05, 0) is 72.6 Å². The first-order valence-corrected chi connectivity index (χ1v) is 11.0. The Kier molecular flexibility index (Phi) is 6.42. The number of benzene rings is 3. The van der Waals surface area contributed by atoms with Crippen LogP contribution in [0.2, 0.25) is 5.02 Å². The third kappa shape index (κ3) is 4.69. The Bertz CT molecular complexity index is 1050. The summed E-state index contributed by atoms with van der Waals surface area (Å²) in [5.74, 6) is 1.06. The quantitative estimate of drug-likeness (QED) is 0.438. The van der Waals surface area contributed by atoms with Gasteiger partial charge in [-0.3, -0.25) is 10.3 Å². The largest absolute Gasteiger partial charge is 0.508 e. The Hall–Kier alpha value is -2.34. The minimum Gasteiger partial charge on any atom is -0.508 e. The van der Waals surface area contributed by atoms with Crippen LogP contribution in [0.25, 0.3) is 0 Å². The second-order valence-corrected chi connectivity index (χ2v) is 8.47. The highest BCUT2D eigenvalue weighted by Gasteiger charge is 2.28. The lowest BCUT2D eigenvalue weighted by atomic mass is 9.93. The molecule has 4 nitrogen and oxygen atoms in total. The minimum atomic E-state index is -0.239. The monoisotopic (exact) mass is 484 g/mol. The van der Waals surface area contributed by atoms with Crippen LogP contribution in [0.5, 0.6) is 11.5 Å². The van der Waals surface area contributed by atoms with E-state index in [0.29, 0.717) is 18.1 Å². The Labute approximate surface area is 189 Å². The summed E-state index contributed by atoms with van der Waals surface area (Å²) in [6.45, 7) is 2.60. The predicted octanol–water partition coefficient (Wildman–Crippen LogP) is 6.43. The smallest absolute Gasteiger partial charge is 0.126 e. The highest BCUT2D eigenvalue weighted by molar-refractivity contribution is 9.10. The molecule has 1 aliphatic rings. The van der Waals surface area contributed by atoms with Crippen LogP contribution in [0.15, 0.2) is 76.2 Å². The van der Waals surface area contributed by atoms with Gasteiger partial charge in [0.05, 0.1) is 6.61 Å². The van der Waals surface area contributed by atoms with Crippen molar-refractivity contribution in [3.8, 4) is 11.5 Å². The fraction of sp³-hybridized carbons (Fsp3) is 0.208. The van der Waals surface area contributed by atoms with Crippen molar-refractivity contribution in [3.63, 3.8) is 0 Å². The van der Waals surface area contributed by atoms with Crippen molar-refractivity contribution in [3.05, 3.63) is 92.9 Å². The fourth-order valence-electron chi connectivity index (χ4n) is 3.61. The molecule has 0 spiro atoms. The summed E-state index contributed by atoms with van der Waals surface area (Å²) < 4.78 is 6.58. The number of hydrogen-bond donors (Lipinski definition) is 2. The summed E-state index contributed by atoms with van der Waals surface area (Å²) in [6, 6.07) is 21.1. The van der Waals surface area contributed by atoms with E-state index >= 15 is 0 Å². The Morgan fingerprint density at radius 1 is 1.10 bits per heavy atom. The number of rotatable bonds is 5. The van der Waals surface area contributed by atoms with Crippen LogP contribution < -0.4 is 10.1 Å². The highest BCUT2D eigenvalue weighted by Crippen LogP contribution is 2.36. The number of hydrogen-bond acceptors (Lipinski definition) is 4. The highest BCUT2D eigenvalue weighted by atomic mass is 79.9. The lowest BCUT2D eigenvalue weighted by Crippen LogP contribution is -2.33. The van der Waals surface area contributed by atoms with Crippen LogP contribution in [0, 0.1) is 0 Å².